The number of anilines is 1. The maximum atomic E-state index is 13.1. The Balaban J connectivity index is 1.66. The lowest BCUT2D eigenvalue weighted by Crippen LogP contribution is -2.35. The third-order valence-electron chi connectivity index (χ3n) is 5.65. The number of nitrogens with one attached hydrogen (secondary N) is 1. The van der Waals surface area contributed by atoms with E-state index in [1.54, 1.807) is 6.92 Å². The quantitative estimate of drug-likeness (QED) is 0.281. The van der Waals surface area contributed by atoms with Crippen molar-refractivity contribution in [1.29, 1.82) is 0 Å². The van der Waals surface area contributed by atoms with Gasteiger partial charge in [0.05, 0.1) is 16.7 Å². The van der Waals surface area contributed by atoms with E-state index in [9.17, 15) is 22.7 Å². The van der Waals surface area contributed by atoms with E-state index in [1.807, 2.05) is 0 Å². The summed E-state index contributed by atoms with van der Waals surface area (Å²) >= 11 is 0.996. The highest BCUT2D eigenvalue weighted by atomic mass is 32.2. The number of oxime groups is 1. The van der Waals surface area contributed by atoms with Crippen LogP contribution in [0.1, 0.15) is 55.6 Å². The first-order valence-corrected chi connectivity index (χ1v) is 13.1. The summed E-state index contributed by atoms with van der Waals surface area (Å²) in [6, 6.07) is 6.60. The van der Waals surface area contributed by atoms with E-state index >= 15 is 0 Å². The molecule has 0 radical (unpaired) electrons. The zero-order chi connectivity index (χ0) is 24.9. The molecule has 12 heteroatoms. The van der Waals surface area contributed by atoms with Gasteiger partial charge in [-0.3, -0.25) is 4.84 Å². The monoisotopic (exact) mass is 512 g/mol. The van der Waals surface area contributed by atoms with Crippen LogP contribution in [0.4, 0.5) is 14.2 Å². The highest BCUT2D eigenvalue weighted by Crippen LogP contribution is 2.32. The molecule has 186 valence electrons. The topological polar surface area (TPSA) is 134 Å². The number of hydrogen-bond donors (Lipinski definition) is 3. The third kappa shape index (κ3) is 6.53. The highest BCUT2D eigenvalue weighted by molar-refractivity contribution is 7.89. The van der Waals surface area contributed by atoms with E-state index in [0.29, 0.717) is 16.2 Å². The number of benzene rings is 1. The minimum atomic E-state index is -4.03. The average molecular weight is 513 g/mol. The van der Waals surface area contributed by atoms with Crippen molar-refractivity contribution in [1.82, 2.24) is 9.62 Å². The van der Waals surface area contributed by atoms with Crippen molar-refractivity contribution in [2.24, 2.45) is 5.16 Å². The number of thiophene rings is 1. The van der Waals surface area contributed by atoms with Crippen LogP contribution in [0.15, 0.2) is 40.4 Å². The first-order chi connectivity index (χ1) is 16.1. The van der Waals surface area contributed by atoms with Gasteiger partial charge in [-0.1, -0.05) is 36.6 Å². The maximum absolute atomic E-state index is 13.1. The molecular formula is C22H29FN4O5S2. The van der Waals surface area contributed by atoms with E-state index < -0.39 is 28.0 Å². The number of nitrogens with two attached hydrogens (primary N) is 1. The second-order valence-electron chi connectivity index (χ2n) is 8.23. The lowest BCUT2D eigenvalue weighted by molar-refractivity contribution is 0.143. The third-order valence-corrected chi connectivity index (χ3v) is 8.71. The van der Waals surface area contributed by atoms with Crippen molar-refractivity contribution < 1.29 is 27.5 Å². The molecule has 34 heavy (non-hydrogen) atoms. The molecule has 0 bridgehead atoms. The summed E-state index contributed by atoms with van der Waals surface area (Å²) in [7, 11) is -2.72. The first kappa shape index (κ1) is 26.1. The molecule has 1 fully saturated rings. The van der Waals surface area contributed by atoms with Gasteiger partial charge in [0, 0.05) is 19.6 Å². The Kier molecular flexibility index (Phi) is 8.63. The fraction of sp³-hybridized carbons (Fsp3) is 0.455. The first-order valence-electron chi connectivity index (χ1n) is 10.9. The second-order valence-corrected chi connectivity index (χ2v) is 11.3. The van der Waals surface area contributed by atoms with Crippen molar-refractivity contribution in [3.05, 3.63) is 46.6 Å². The van der Waals surface area contributed by atoms with Crippen LogP contribution in [-0.2, 0) is 14.9 Å². The standard InChI is InChI=1S/C22H29FN4O5S2/c1-14(26-32-22(29)25-17-6-4-3-5-7-17)19-12-20(21(24)33-19)34(30,31)27(2)13-18(28)15-8-10-16(23)11-9-15/h8-12,17-18,28H,3-7,13,24H2,1-2H3,(H,25,29)/b26-14+. The van der Waals surface area contributed by atoms with Crippen LogP contribution in [0.3, 0.4) is 0 Å². The molecule has 4 N–H and O–H groups in total. The minimum Gasteiger partial charge on any atom is -0.389 e. The van der Waals surface area contributed by atoms with E-state index in [0.717, 1.165) is 47.7 Å². The van der Waals surface area contributed by atoms with Gasteiger partial charge < -0.3 is 16.2 Å². The summed E-state index contributed by atoms with van der Waals surface area (Å²) < 4.78 is 40.2. The molecule has 3 rings (SSSR count). The summed E-state index contributed by atoms with van der Waals surface area (Å²) in [5, 5.41) is 17.0. The van der Waals surface area contributed by atoms with Crippen LogP contribution in [0, 0.1) is 5.82 Å². The van der Waals surface area contributed by atoms with Gasteiger partial charge in [-0.2, -0.15) is 4.31 Å². The van der Waals surface area contributed by atoms with Gasteiger partial charge in [0.25, 0.3) is 0 Å². The zero-order valence-electron chi connectivity index (χ0n) is 19.0. The van der Waals surface area contributed by atoms with Crippen LogP contribution in [-0.4, -0.2) is 49.3 Å². The number of rotatable bonds is 8. The van der Waals surface area contributed by atoms with Gasteiger partial charge in [0.15, 0.2) is 0 Å². The van der Waals surface area contributed by atoms with Gasteiger partial charge in [0.1, 0.15) is 15.7 Å². The van der Waals surface area contributed by atoms with Gasteiger partial charge in [-0.25, -0.2) is 17.6 Å². The Bertz CT molecular complexity index is 1130. The molecule has 1 unspecified atom stereocenters. The molecule has 1 aromatic carbocycles. The van der Waals surface area contributed by atoms with Gasteiger partial charge in [-0.15, -0.1) is 11.3 Å². The number of nitrogen functional groups attached to an aromatic ring is 1. The van der Waals surface area contributed by atoms with Gasteiger partial charge >= 0.3 is 6.09 Å². The van der Waals surface area contributed by atoms with E-state index in [1.165, 1.54) is 37.4 Å². The fourth-order valence-corrected chi connectivity index (χ4v) is 6.13. The van der Waals surface area contributed by atoms with Crippen molar-refractivity contribution in [2.75, 3.05) is 19.3 Å². The molecule has 0 aliphatic heterocycles. The number of aliphatic hydroxyl groups is 1. The second kappa shape index (κ2) is 11.3. The molecule has 9 nitrogen and oxygen atoms in total. The number of likely N-dealkylation sites (N-methyl/N-ethyl adjacent to an activating group) is 1. The van der Waals surface area contributed by atoms with Gasteiger partial charge in [-0.05, 0) is 43.5 Å². The Morgan fingerprint density at radius 1 is 1.32 bits per heavy atom. The van der Waals surface area contributed by atoms with Crippen LogP contribution < -0.4 is 11.1 Å². The molecular weight excluding hydrogens is 483 g/mol. The normalized spacial score (nSPS) is 16.4. The summed E-state index contributed by atoms with van der Waals surface area (Å²) in [5.41, 5.74) is 6.66. The largest absolute Gasteiger partial charge is 0.433 e. The molecule has 1 atom stereocenters. The van der Waals surface area contributed by atoms with Crippen LogP contribution in [0.2, 0.25) is 0 Å². The predicted molar refractivity (Wildman–Crippen MR) is 129 cm³/mol. The molecule has 1 amide bonds. The molecule has 0 spiro atoms. The van der Waals surface area contributed by atoms with Crippen molar-refractivity contribution in [2.45, 2.75) is 56.1 Å². The highest BCUT2D eigenvalue weighted by Gasteiger charge is 2.28. The number of aliphatic hydroxyl groups excluding tert-OH is 1. The lowest BCUT2D eigenvalue weighted by atomic mass is 9.96. The van der Waals surface area contributed by atoms with Crippen molar-refractivity contribution in [3.63, 3.8) is 0 Å². The number of halogens is 1. The van der Waals surface area contributed by atoms with E-state index in [2.05, 4.69) is 10.5 Å². The number of carbonyl (C=O) groups excluding carboxylic acids is 1. The summed E-state index contributed by atoms with van der Waals surface area (Å²) in [4.78, 5) is 17.2. The Morgan fingerprint density at radius 3 is 2.62 bits per heavy atom. The number of nitrogens with zero attached hydrogens (tertiary/aromatic N) is 2. The van der Waals surface area contributed by atoms with Crippen LogP contribution in [0.25, 0.3) is 0 Å². The molecule has 1 aromatic heterocycles. The van der Waals surface area contributed by atoms with Crippen molar-refractivity contribution in [3.8, 4) is 0 Å². The number of hydrogen-bond acceptors (Lipinski definition) is 8. The summed E-state index contributed by atoms with van der Waals surface area (Å²) in [6.45, 7) is 1.33. The summed E-state index contributed by atoms with van der Waals surface area (Å²) in [5.74, 6) is -0.456. The van der Waals surface area contributed by atoms with E-state index in [-0.39, 0.29) is 22.5 Å². The SMILES string of the molecule is C/C(=N\OC(=O)NC1CCCCC1)c1cc(S(=O)(=O)N(C)CC(O)c2ccc(F)cc2)c(N)s1. The molecule has 2 aromatic rings. The smallest absolute Gasteiger partial charge is 0.389 e. The molecule has 1 aliphatic rings. The minimum absolute atomic E-state index is 0.0410. The molecule has 1 heterocycles. The molecule has 1 saturated carbocycles. The average Bonchev–Trinajstić information content (AvgIpc) is 3.21. The maximum Gasteiger partial charge on any atom is 0.433 e. The number of sulfonamides is 1. The Labute approximate surface area is 202 Å². The van der Waals surface area contributed by atoms with Crippen LogP contribution in [0.5, 0.6) is 0 Å². The van der Waals surface area contributed by atoms with Crippen molar-refractivity contribution >= 4 is 38.2 Å². The molecule has 1 aliphatic carbocycles. The lowest BCUT2D eigenvalue weighted by Gasteiger charge is -2.21. The Morgan fingerprint density at radius 2 is 1.97 bits per heavy atom. The number of carbonyl (C=O) groups is 1. The zero-order valence-corrected chi connectivity index (χ0v) is 20.7. The molecule has 0 saturated heterocycles. The Hall–Kier alpha value is -2.54. The summed E-state index contributed by atoms with van der Waals surface area (Å²) in [6.07, 6.45) is 3.30. The predicted octanol–water partition coefficient (Wildman–Crippen LogP) is 3.61. The van der Waals surface area contributed by atoms with E-state index in [4.69, 9.17) is 10.6 Å². The van der Waals surface area contributed by atoms with Crippen LogP contribution >= 0.6 is 11.3 Å². The van der Waals surface area contributed by atoms with Gasteiger partial charge in [0.2, 0.25) is 10.0 Å². The fourth-order valence-electron chi connectivity index (χ4n) is 3.66. The number of amides is 1.